The molecule has 0 saturated heterocycles. The Bertz CT molecular complexity index is 1490. The van der Waals surface area contributed by atoms with E-state index in [1.165, 1.54) is 13.8 Å². The maximum atomic E-state index is 14.1. The summed E-state index contributed by atoms with van der Waals surface area (Å²) in [6.45, 7) is 17.7. The molecule has 0 radical (unpaired) electrons. The van der Waals surface area contributed by atoms with Gasteiger partial charge in [-0.05, 0) is 83.7 Å². The molecule has 1 N–H and O–H groups in total. The van der Waals surface area contributed by atoms with Gasteiger partial charge in [-0.1, -0.05) is 47.3 Å². The van der Waals surface area contributed by atoms with Gasteiger partial charge in [0.1, 0.15) is 12.3 Å². The van der Waals surface area contributed by atoms with E-state index in [2.05, 4.69) is 33.4 Å². The van der Waals surface area contributed by atoms with Crippen molar-refractivity contribution in [2.24, 2.45) is 57.2 Å². The van der Waals surface area contributed by atoms with Crippen molar-refractivity contribution in [2.75, 3.05) is 19.4 Å². The summed E-state index contributed by atoms with van der Waals surface area (Å²) < 4.78 is 28.7. The molecule has 0 aromatic heterocycles. The van der Waals surface area contributed by atoms with Gasteiger partial charge in [-0.25, -0.2) is 0 Å². The summed E-state index contributed by atoms with van der Waals surface area (Å²) in [5, 5.41) is 0. The molecule has 4 saturated carbocycles. The minimum Gasteiger partial charge on any atom is -0.465 e. The van der Waals surface area contributed by atoms with Crippen molar-refractivity contribution in [3.8, 4) is 0 Å². The van der Waals surface area contributed by atoms with Gasteiger partial charge in [0.25, 0.3) is 0 Å². The fourth-order valence-corrected chi connectivity index (χ4v) is 12.0. The Labute approximate surface area is 284 Å². The van der Waals surface area contributed by atoms with Gasteiger partial charge < -0.3 is 19.1 Å². The lowest BCUT2D eigenvalue weighted by Gasteiger charge is -2.61. The Morgan fingerprint density at radius 2 is 1.75 bits per heavy atom. The Kier molecular flexibility index (Phi) is 9.42. The number of carbonyl (C=O) groups is 5. The molecule has 0 aliphatic heterocycles. The van der Waals surface area contributed by atoms with Gasteiger partial charge in [-0.3, -0.25) is 28.5 Å². The molecular weight excluding hydrogens is 635 g/mol. The first-order valence-electron chi connectivity index (χ1n) is 17.4. The van der Waals surface area contributed by atoms with E-state index >= 15 is 0 Å². The number of ether oxygens (including phenoxy) is 3. The van der Waals surface area contributed by atoms with Crippen LogP contribution in [0.15, 0.2) is 24.3 Å². The fraction of sp³-hybridized carbons (Fsp3) is 0.757. The van der Waals surface area contributed by atoms with Gasteiger partial charge in [0.15, 0.2) is 17.7 Å². The summed E-state index contributed by atoms with van der Waals surface area (Å²) in [5.41, 5.74) is -0.396. The van der Waals surface area contributed by atoms with E-state index in [-0.39, 0.29) is 51.5 Å². The topological polar surface area (TPSA) is 150 Å². The van der Waals surface area contributed by atoms with Gasteiger partial charge >= 0.3 is 17.9 Å². The second-order valence-electron chi connectivity index (χ2n) is 16.4. The van der Waals surface area contributed by atoms with Gasteiger partial charge in [-0.2, -0.15) is 0 Å². The van der Waals surface area contributed by atoms with Crippen LogP contribution in [-0.2, 0) is 42.7 Å². The van der Waals surface area contributed by atoms with Crippen LogP contribution in [0.1, 0.15) is 87.0 Å². The summed E-state index contributed by atoms with van der Waals surface area (Å²) >= 11 is 0. The highest BCUT2D eigenvalue weighted by atomic mass is 31.2. The second-order valence-corrected chi connectivity index (χ2v) is 18.8. The average Bonchev–Trinajstić information content (AvgIpc) is 3.58. The lowest BCUT2D eigenvalue weighted by Crippen LogP contribution is -2.56. The highest BCUT2D eigenvalue weighted by molar-refractivity contribution is 7.58. The zero-order chi connectivity index (χ0) is 35.8. The van der Waals surface area contributed by atoms with Crippen molar-refractivity contribution in [3.63, 3.8) is 0 Å². The van der Waals surface area contributed by atoms with Crippen LogP contribution in [0.5, 0.6) is 0 Å². The molecule has 4 fully saturated rings. The number of rotatable bonds is 11. The normalized spacial score (nSPS) is 40.8. The van der Waals surface area contributed by atoms with Crippen LogP contribution < -0.4 is 0 Å². The van der Waals surface area contributed by atoms with E-state index in [9.17, 15) is 33.4 Å². The number of esters is 3. The standard InChI is InChI=1S/C37H53O10P/c1-20(17-45-30(41)18-48(9,43)44)21(2)32(42)33(47-25(6)39)23(4)31-28(46-24(5)38)16-35(8)29-11-10-26-22(3)27(40)12-13-36(26)19-37(29,36)15-14-34(31,35)7/h12-13,20,22-23,26,28-29,31,33H,2,10-11,14-19H2,1,3-9H3,(H,43,44)/t20-,22-,23-,26-,28-,29-,31-,33+,34+,35-,36+,37-/m0/s1. The van der Waals surface area contributed by atoms with Crippen LogP contribution in [0.3, 0.4) is 0 Å². The summed E-state index contributed by atoms with van der Waals surface area (Å²) in [6.07, 6.45) is 7.16. The largest absolute Gasteiger partial charge is 0.465 e. The predicted molar refractivity (Wildman–Crippen MR) is 178 cm³/mol. The number of hydrogen-bond donors (Lipinski definition) is 1. The molecule has 0 aromatic rings. The van der Waals surface area contributed by atoms with Gasteiger partial charge in [0.2, 0.25) is 7.37 Å². The molecule has 5 aliphatic rings. The van der Waals surface area contributed by atoms with Gasteiger partial charge in [-0.15, -0.1) is 0 Å². The van der Waals surface area contributed by atoms with Crippen LogP contribution in [-0.4, -0.2) is 66.0 Å². The van der Waals surface area contributed by atoms with Crippen molar-refractivity contribution in [1.29, 1.82) is 0 Å². The number of allylic oxidation sites excluding steroid dienone is 2. The van der Waals surface area contributed by atoms with E-state index < -0.39 is 61.3 Å². The molecule has 266 valence electrons. The molecule has 13 atom stereocenters. The smallest absolute Gasteiger partial charge is 0.315 e. The molecule has 5 aliphatic carbocycles. The Hall–Kier alpha value is -2.58. The Morgan fingerprint density at radius 1 is 1.08 bits per heavy atom. The molecule has 5 rings (SSSR count). The third kappa shape index (κ3) is 5.76. The predicted octanol–water partition coefficient (Wildman–Crippen LogP) is 5.69. The molecule has 0 amide bonds. The first-order valence-corrected chi connectivity index (χ1v) is 19.7. The SMILES string of the molecule is C=C(C(=O)[C@H](OC(C)=O)[C@@H](C)[C@H]1[C@@H](OC(C)=O)C[C@@]2(C)[C@@H]3CC[C@H]4[C@H](C)C(=O)C=C[C@@]45C[C@@]35CC[C@]12C)[C@@H](C)COC(=O)CP(C)(=O)O. The summed E-state index contributed by atoms with van der Waals surface area (Å²) in [5.74, 6) is -2.97. The number of carbonyl (C=O) groups excluding carboxylic acids is 5. The summed E-state index contributed by atoms with van der Waals surface area (Å²) in [7, 11) is -3.62. The van der Waals surface area contributed by atoms with Crippen LogP contribution >= 0.6 is 7.37 Å². The maximum absolute atomic E-state index is 14.1. The zero-order valence-electron chi connectivity index (χ0n) is 29.7. The number of hydrogen-bond acceptors (Lipinski definition) is 9. The van der Waals surface area contributed by atoms with Gasteiger partial charge in [0, 0.05) is 44.2 Å². The molecule has 10 nitrogen and oxygen atoms in total. The molecular formula is C37H53O10P. The maximum Gasteiger partial charge on any atom is 0.315 e. The monoisotopic (exact) mass is 688 g/mol. The van der Waals surface area contributed by atoms with E-state index in [0.717, 1.165) is 38.8 Å². The minimum atomic E-state index is -3.62. The van der Waals surface area contributed by atoms with Crippen molar-refractivity contribution < 1.29 is 47.6 Å². The molecule has 0 bridgehead atoms. The van der Waals surface area contributed by atoms with Crippen LogP contribution in [0.2, 0.25) is 0 Å². The third-order valence-corrected chi connectivity index (χ3v) is 14.6. The van der Waals surface area contributed by atoms with Crippen molar-refractivity contribution in [3.05, 3.63) is 24.3 Å². The fourth-order valence-electron chi connectivity index (χ4n) is 11.4. The minimum absolute atomic E-state index is 0.0131. The highest BCUT2D eigenvalue weighted by Gasteiger charge is 2.81. The van der Waals surface area contributed by atoms with Gasteiger partial charge in [0.05, 0.1) is 6.61 Å². The van der Waals surface area contributed by atoms with E-state index in [1.807, 2.05) is 13.0 Å². The molecule has 2 spiro atoms. The lowest BCUT2D eigenvalue weighted by atomic mass is 9.43. The van der Waals surface area contributed by atoms with Crippen molar-refractivity contribution >= 4 is 36.8 Å². The first kappa shape index (κ1) is 36.7. The van der Waals surface area contributed by atoms with Crippen LogP contribution in [0.25, 0.3) is 0 Å². The summed E-state index contributed by atoms with van der Waals surface area (Å²) in [6, 6.07) is 0. The number of ketones is 2. The quantitative estimate of drug-likeness (QED) is 0.124. The van der Waals surface area contributed by atoms with Crippen LogP contribution in [0.4, 0.5) is 0 Å². The Balaban J connectivity index is 1.44. The lowest BCUT2D eigenvalue weighted by molar-refractivity contribution is -0.166. The molecule has 0 heterocycles. The number of fused-ring (bicyclic) bond motifs is 2. The van der Waals surface area contributed by atoms with E-state index in [0.29, 0.717) is 18.3 Å². The summed E-state index contributed by atoms with van der Waals surface area (Å²) in [4.78, 5) is 73.4. The molecule has 48 heavy (non-hydrogen) atoms. The third-order valence-electron chi connectivity index (χ3n) is 13.8. The Morgan fingerprint density at radius 3 is 2.35 bits per heavy atom. The first-order chi connectivity index (χ1) is 22.1. The van der Waals surface area contributed by atoms with Crippen molar-refractivity contribution in [1.82, 2.24) is 0 Å². The van der Waals surface area contributed by atoms with E-state index in [1.54, 1.807) is 6.92 Å². The van der Waals surface area contributed by atoms with E-state index in [4.69, 9.17) is 14.2 Å². The highest BCUT2D eigenvalue weighted by Crippen LogP contribution is 2.87. The number of Topliss-reactive ketones (excluding diaryl/α,β-unsaturated/α-hetero) is 1. The molecule has 11 heteroatoms. The molecule has 1 unspecified atom stereocenters. The average molecular weight is 689 g/mol. The molecule has 0 aromatic carbocycles. The second kappa shape index (κ2) is 12.3. The van der Waals surface area contributed by atoms with Crippen LogP contribution in [0, 0.1) is 57.2 Å². The van der Waals surface area contributed by atoms with Crippen molar-refractivity contribution in [2.45, 2.75) is 99.2 Å². The zero-order valence-corrected chi connectivity index (χ0v) is 30.6.